The van der Waals surface area contributed by atoms with Crippen molar-refractivity contribution in [3.05, 3.63) is 35.7 Å². The van der Waals surface area contributed by atoms with Gasteiger partial charge in [-0.1, -0.05) is 0 Å². The Kier molecular flexibility index (Phi) is 5.63. The number of amides is 2. The average molecular weight is 435 g/mol. The van der Waals surface area contributed by atoms with Crippen LogP contribution in [0.3, 0.4) is 0 Å². The summed E-state index contributed by atoms with van der Waals surface area (Å²) in [6, 6.07) is 3.59. The summed E-state index contributed by atoms with van der Waals surface area (Å²) >= 11 is 0. The lowest BCUT2D eigenvalue weighted by molar-refractivity contribution is -0.183. The molecule has 0 radical (unpaired) electrons. The van der Waals surface area contributed by atoms with Gasteiger partial charge >= 0.3 is 12.2 Å². The number of urea groups is 1. The molecule has 1 aromatic carbocycles. The van der Waals surface area contributed by atoms with Gasteiger partial charge in [0, 0.05) is 24.2 Å². The van der Waals surface area contributed by atoms with Crippen LogP contribution in [0, 0.1) is 12.8 Å². The fraction of sp³-hybridized carbons (Fsp3) is 0.476. The number of aromatic nitrogens is 2. The van der Waals surface area contributed by atoms with E-state index in [1.165, 1.54) is 11.1 Å². The number of rotatable bonds is 1. The number of nitrogens with two attached hydrogens (primary N) is 1. The zero-order valence-electron chi connectivity index (χ0n) is 17.2. The molecule has 2 aliphatic rings. The molecule has 4 rings (SSSR count). The molecule has 2 aromatic rings. The minimum Gasteiger partial charge on any atom is -0.491 e. The monoisotopic (exact) mass is 435 g/mol. The third-order valence-corrected chi connectivity index (χ3v) is 5.79. The number of benzene rings is 1. The van der Waals surface area contributed by atoms with E-state index in [0.717, 1.165) is 22.4 Å². The van der Waals surface area contributed by atoms with E-state index in [-0.39, 0.29) is 32.0 Å². The van der Waals surface area contributed by atoms with Crippen molar-refractivity contribution >= 4 is 11.8 Å². The van der Waals surface area contributed by atoms with Gasteiger partial charge in [0.15, 0.2) is 0 Å². The van der Waals surface area contributed by atoms with Crippen LogP contribution in [-0.2, 0) is 6.54 Å². The summed E-state index contributed by atoms with van der Waals surface area (Å²) in [7, 11) is 0. The van der Waals surface area contributed by atoms with E-state index >= 15 is 0 Å². The molecule has 2 N–H and O–H groups in total. The van der Waals surface area contributed by atoms with Gasteiger partial charge in [-0.3, -0.25) is 4.98 Å². The molecule has 7 nitrogen and oxygen atoms in total. The van der Waals surface area contributed by atoms with Crippen LogP contribution in [0.1, 0.15) is 24.0 Å². The van der Waals surface area contributed by atoms with Gasteiger partial charge in [0.25, 0.3) is 0 Å². The van der Waals surface area contributed by atoms with Gasteiger partial charge < -0.3 is 20.3 Å². The lowest BCUT2D eigenvalue weighted by Gasteiger charge is -2.35. The summed E-state index contributed by atoms with van der Waals surface area (Å²) in [4.78, 5) is 24.6. The van der Waals surface area contributed by atoms with Crippen LogP contribution in [0.25, 0.3) is 11.3 Å². The summed E-state index contributed by atoms with van der Waals surface area (Å²) < 4.78 is 44.7. The SMILES string of the molecule is Cc1cc(-c2cnc(N)cn2)cc2c1OCCN(C(=O)N1CCC(C(F)(F)F)CC1)C2. The quantitative estimate of drug-likeness (QED) is 0.740. The maximum Gasteiger partial charge on any atom is 0.391 e. The molecule has 0 aliphatic carbocycles. The fourth-order valence-electron chi connectivity index (χ4n) is 4.11. The first-order valence-corrected chi connectivity index (χ1v) is 10.2. The second-order valence-corrected chi connectivity index (χ2v) is 7.96. The molecule has 0 saturated carbocycles. The molecule has 1 fully saturated rings. The zero-order valence-corrected chi connectivity index (χ0v) is 17.2. The maximum atomic E-state index is 13.0. The molecule has 0 bridgehead atoms. The second-order valence-electron chi connectivity index (χ2n) is 7.96. The van der Waals surface area contributed by atoms with Gasteiger partial charge in [-0.2, -0.15) is 13.2 Å². The standard InChI is InChI=1S/C21H24F3N5O2/c1-13-8-14(17-10-27-18(25)11-26-17)9-15-12-29(6-7-31-19(13)15)20(30)28-4-2-16(3-5-28)21(22,23)24/h8-11,16H,2-7,12H2,1H3,(H2,25,27). The number of likely N-dealkylation sites (tertiary alicyclic amines) is 1. The number of carbonyl (C=O) groups is 1. The number of carbonyl (C=O) groups excluding carboxylic acids is 1. The van der Waals surface area contributed by atoms with Crippen molar-refractivity contribution in [2.75, 3.05) is 32.0 Å². The van der Waals surface area contributed by atoms with Crippen LogP contribution in [0.2, 0.25) is 0 Å². The molecule has 0 spiro atoms. The number of hydrogen-bond donors (Lipinski definition) is 1. The van der Waals surface area contributed by atoms with Crippen molar-refractivity contribution in [2.24, 2.45) is 5.92 Å². The number of aryl methyl sites for hydroxylation is 1. The molecule has 3 heterocycles. The molecule has 0 unspecified atom stereocenters. The van der Waals surface area contributed by atoms with Gasteiger partial charge in [0.05, 0.1) is 37.1 Å². The number of halogens is 3. The first-order valence-electron chi connectivity index (χ1n) is 10.2. The first kappa shape index (κ1) is 21.2. The predicted molar refractivity (Wildman–Crippen MR) is 108 cm³/mol. The molecule has 2 aliphatic heterocycles. The highest BCUT2D eigenvalue weighted by molar-refractivity contribution is 5.75. The molecule has 10 heteroatoms. The van der Waals surface area contributed by atoms with Gasteiger partial charge in [0.1, 0.15) is 18.2 Å². The average Bonchev–Trinajstić information content (AvgIpc) is 2.96. The summed E-state index contributed by atoms with van der Waals surface area (Å²) in [5, 5.41) is 0. The van der Waals surface area contributed by atoms with E-state index in [9.17, 15) is 18.0 Å². The van der Waals surface area contributed by atoms with Crippen LogP contribution in [0.5, 0.6) is 5.75 Å². The topological polar surface area (TPSA) is 84.6 Å². The number of nitrogen functional groups attached to an aromatic ring is 1. The van der Waals surface area contributed by atoms with E-state index < -0.39 is 12.1 Å². The number of piperidine rings is 1. The third kappa shape index (κ3) is 4.52. The summed E-state index contributed by atoms with van der Waals surface area (Å²) in [6.45, 7) is 3.13. The van der Waals surface area contributed by atoms with Crippen molar-refractivity contribution in [3.8, 4) is 17.0 Å². The van der Waals surface area contributed by atoms with Crippen molar-refractivity contribution < 1.29 is 22.7 Å². The number of hydrogen-bond acceptors (Lipinski definition) is 5. The Labute approximate surface area is 178 Å². The van der Waals surface area contributed by atoms with Crippen molar-refractivity contribution in [1.82, 2.24) is 19.8 Å². The lowest BCUT2D eigenvalue weighted by atomic mass is 9.96. The van der Waals surface area contributed by atoms with E-state index in [4.69, 9.17) is 10.5 Å². The molecule has 0 atom stereocenters. The maximum absolute atomic E-state index is 13.0. The minimum absolute atomic E-state index is 0.0603. The molecule has 166 valence electrons. The van der Waals surface area contributed by atoms with E-state index in [2.05, 4.69) is 9.97 Å². The Balaban J connectivity index is 1.52. The first-order chi connectivity index (χ1) is 14.7. The molecule has 1 saturated heterocycles. The lowest BCUT2D eigenvalue weighted by Crippen LogP contribution is -2.48. The van der Waals surface area contributed by atoms with Crippen LogP contribution in [0.4, 0.5) is 23.8 Å². The Hall–Kier alpha value is -3.04. The highest BCUT2D eigenvalue weighted by atomic mass is 19.4. The Morgan fingerprint density at radius 2 is 1.87 bits per heavy atom. The molecular weight excluding hydrogens is 411 g/mol. The predicted octanol–water partition coefficient (Wildman–Crippen LogP) is 3.62. The Morgan fingerprint density at radius 1 is 1.13 bits per heavy atom. The minimum atomic E-state index is -4.20. The molecular formula is C21H24F3N5O2. The molecule has 1 aromatic heterocycles. The number of nitrogens with zero attached hydrogens (tertiary/aromatic N) is 4. The van der Waals surface area contributed by atoms with Crippen LogP contribution in [-0.4, -0.2) is 58.2 Å². The van der Waals surface area contributed by atoms with E-state index in [1.54, 1.807) is 11.1 Å². The van der Waals surface area contributed by atoms with Crippen molar-refractivity contribution in [2.45, 2.75) is 32.5 Å². The smallest absolute Gasteiger partial charge is 0.391 e. The van der Waals surface area contributed by atoms with Crippen LogP contribution >= 0.6 is 0 Å². The Morgan fingerprint density at radius 3 is 2.52 bits per heavy atom. The largest absolute Gasteiger partial charge is 0.491 e. The van der Waals surface area contributed by atoms with Gasteiger partial charge in [-0.05, 0) is 37.5 Å². The van der Waals surface area contributed by atoms with Gasteiger partial charge in [-0.25, -0.2) is 9.78 Å². The van der Waals surface area contributed by atoms with Crippen molar-refractivity contribution in [3.63, 3.8) is 0 Å². The molecule has 31 heavy (non-hydrogen) atoms. The number of alkyl halides is 3. The highest BCUT2D eigenvalue weighted by Crippen LogP contribution is 2.35. The summed E-state index contributed by atoms with van der Waals surface area (Å²) in [5.74, 6) is -0.293. The van der Waals surface area contributed by atoms with Crippen molar-refractivity contribution in [1.29, 1.82) is 0 Å². The highest BCUT2D eigenvalue weighted by Gasteiger charge is 2.42. The second kappa shape index (κ2) is 8.24. The van der Waals surface area contributed by atoms with Crippen LogP contribution in [0.15, 0.2) is 24.5 Å². The summed E-state index contributed by atoms with van der Waals surface area (Å²) in [6.07, 6.45) is -1.26. The fourth-order valence-corrected chi connectivity index (χ4v) is 4.11. The molecule has 2 amide bonds. The zero-order chi connectivity index (χ0) is 22.2. The van der Waals surface area contributed by atoms with Gasteiger partial charge in [0.2, 0.25) is 0 Å². The Bertz CT molecular complexity index is 957. The number of anilines is 1. The third-order valence-electron chi connectivity index (χ3n) is 5.79. The van der Waals surface area contributed by atoms with Crippen LogP contribution < -0.4 is 10.5 Å². The number of ether oxygens (including phenoxy) is 1. The normalized spacial score (nSPS) is 17.7. The van der Waals surface area contributed by atoms with E-state index in [0.29, 0.717) is 31.2 Å². The number of fused-ring (bicyclic) bond motifs is 1. The van der Waals surface area contributed by atoms with Gasteiger partial charge in [-0.15, -0.1) is 0 Å². The summed E-state index contributed by atoms with van der Waals surface area (Å²) in [5.41, 5.74) is 8.82. The van der Waals surface area contributed by atoms with E-state index in [1.807, 2.05) is 19.1 Å².